The first-order valence-corrected chi connectivity index (χ1v) is 4.58. The molecule has 0 atom stereocenters. The van der Waals surface area contributed by atoms with Crippen LogP contribution < -0.4 is 17.2 Å². The number of anilines is 3. The van der Waals surface area contributed by atoms with Crippen molar-refractivity contribution in [2.24, 2.45) is 0 Å². The molecule has 0 unspecified atom stereocenters. The fraction of sp³-hybridized carbons (Fsp3) is 0.400. The fourth-order valence-corrected chi connectivity index (χ4v) is 1.29. The van der Waals surface area contributed by atoms with E-state index in [0.29, 0.717) is 17.1 Å². The van der Waals surface area contributed by atoms with Crippen LogP contribution in [0, 0.1) is 0 Å². The van der Waals surface area contributed by atoms with E-state index in [2.05, 4.69) is 6.92 Å². The van der Waals surface area contributed by atoms with E-state index in [1.807, 2.05) is 12.1 Å². The van der Waals surface area contributed by atoms with Crippen molar-refractivity contribution in [3.05, 3.63) is 17.7 Å². The summed E-state index contributed by atoms with van der Waals surface area (Å²) in [6.45, 7) is 2.16. The Morgan fingerprint density at radius 1 is 1.08 bits per heavy atom. The van der Waals surface area contributed by atoms with Gasteiger partial charge in [-0.25, -0.2) is 0 Å². The Bertz CT molecular complexity index is 271. The third kappa shape index (κ3) is 2.28. The Labute approximate surface area is 78.9 Å². The highest BCUT2D eigenvalue weighted by Gasteiger charge is 2.02. The predicted octanol–water partition coefficient (Wildman–Crippen LogP) is 1.78. The number of nitrogen functional groups attached to an aromatic ring is 3. The summed E-state index contributed by atoms with van der Waals surface area (Å²) in [6.07, 6.45) is 3.35. The lowest BCUT2D eigenvalue weighted by atomic mass is 10.1. The largest absolute Gasteiger partial charge is 0.397 e. The van der Waals surface area contributed by atoms with Gasteiger partial charge < -0.3 is 17.2 Å². The molecule has 0 saturated heterocycles. The number of unbranched alkanes of at least 4 members (excludes halogenated alkanes) is 1. The monoisotopic (exact) mass is 179 g/mol. The van der Waals surface area contributed by atoms with Gasteiger partial charge in [-0.1, -0.05) is 13.3 Å². The molecule has 0 saturated carbocycles. The van der Waals surface area contributed by atoms with E-state index in [-0.39, 0.29) is 0 Å². The van der Waals surface area contributed by atoms with Crippen molar-refractivity contribution < 1.29 is 0 Å². The van der Waals surface area contributed by atoms with Crippen LogP contribution in [0.3, 0.4) is 0 Å². The van der Waals surface area contributed by atoms with Crippen LogP contribution in [-0.2, 0) is 6.42 Å². The molecule has 1 aromatic rings. The highest BCUT2D eigenvalue weighted by molar-refractivity contribution is 5.77. The van der Waals surface area contributed by atoms with Gasteiger partial charge in [-0.15, -0.1) is 0 Å². The highest BCUT2D eigenvalue weighted by atomic mass is 14.7. The van der Waals surface area contributed by atoms with Crippen LogP contribution in [0.4, 0.5) is 17.1 Å². The van der Waals surface area contributed by atoms with Crippen LogP contribution in [0.25, 0.3) is 0 Å². The quantitative estimate of drug-likeness (QED) is 0.619. The zero-order valence-corrected chi connectivity index (χ0v) is 8.01. The van der Waals surface area contributed by atoms with Crippen molar-refractivity contribution in [2.45, 2.75) is 26.2 Å². The molecule has 1 aromatic carbocycles. The van der Waals surface area contributed by atoms with E-state index < -0.39 is 0 Å². The lowest BCUT2D eigenvalue weighted by Crippen LogP contribution is -2.01. The maximum atomic E-state index is 5.69. The van der Waals surface area contributed by atoms with Gasteiger partial charge in [0.1, 0.15) is 0 Å². The summed E-state index contributed by atoms with van der Waals surface area (Å²) >= 11 is 0. The molecule has 0 bridgehead atoms. The Morgan fingerprint density at radius 3 is 2.08 bits per heavy atom. The summed E-state index contributed by atoms with van der Waals surface area (Å²) in [5.41, 5.74) is 19.9. The third-order valence-electron chi connectivity index (χ3n) is 2.12. The maximum absolute atomic E-state index is 5.69. The molecule has 0 aliphatic carbocycles. The van der Waals surface area contributed by atoms with Crippen molar-refractivity contribution in [1.82, 2.24) is 0 Å². The second-order valence-corrected chi connectivity index (χ2v) is 3.29. The minimum atomic E-state index is 0.500. The molecule has 3 nitrogen and oxygen atoms in total. The summed E-state index contributed by atoms with van der Waals surface area (Å²) < 4.78 is 0. The molecule has 13 heavy (non-hydrogen) atoms. The molecule has 0 radical (unpaired) electrons. The Kier molecular flexibility index (Phi) is 3.01. The van der Waals surface area contributed by atoms with Gasteiger partial charge in [-0.2, -0.15) is 0 Å². The minimum absolute atomic E-state index is 0.500. The van der Waals surface area contributed by atoms with E-state index in [4.69, 9.17) is 17.2 Å². The van der Waals surface area contributed by atoms with Crippen molar-refractivity contribution in [3.8, 4) is 0 Å². The Balaban J connectivity index is 2.86. The Morgan fingerprint density at radius 2 is 1.62 bits per heavy atom. The van der Waals surface area contributed by atoms with Gasteiger partial charge in [-0.3, -0.25) is 0 Å². The van der Waals surface area contributed by atoms with E-state index in [9.17, 15) is 0 Å². The smallest absolute Gasteiger partial charge is 0.0781 e. The average molecular weight is 179 g/mol. The molecule has 0 amide bonds. The van der Waals surface area contributed by atoms with Crippen LogP contribution in [0.15, 0.2) is 12.1 Å². The van der Waals surface area contributed by atoms with Crippen LogP contribution in [0.1, 0.15) is 25.3 Å². The number of rotatable bonds is 3. The first-order chi connectivity index (χ1) is 6.15. The standard InChI is InChI=1S/C10H17N3/c1-2-3-4-7-5-8(11)10(13)9(12)6-7/h5-6H,2-4,11-13H2,1H3. The lowest BCUT2D eigenvalue weighted by molar-refractivity contribution is 0.795. The molecule has 0 aromatic heterocycles. The second-order valence-electron chi connectivity index (χ2n) is 3.29. The van der Waals surface area contributed by atoms with Gasteiger partial charge >= 0.3 is 0 Å². The van der Waals surface area contributed by atoms with Crippen LogP contribution in [0.2, 0.25) is 0 Å². The average Bonchev–Trinajstić information content (AvgIpc) is 2.10. The molecular formula is C10H17N3. The fourth-order valence-electron chi connectivity index (χ4n) is 1.29. The lowest BCUT2D eigenvalue weighted by Gasteiger charge is -2.07. The van der Waals surface area contributed by atoms with Gasteiger partial charge in [0.05, 0.1) is 17.1 Å². The van der Waals surface area contributed by atoms with E-state index >= 15 is 0 Å². The summed E-state index contributed by atoms with van der Waals surface area (Å²) in [5, 5.41) is 0. The molecule has 0 aliphatic rings. The number of hydrogen-bond donors (Lipinski definition) is 3. The van der Waals surface area contributed by atoms with Gasteiger partial charge in [0.25, 0.3) is 0 Å². The zero-order valence-electron chi connectivity index (χ0n) is 8.01. The molecular weight excluding hydrogens is 162 g/mol. The first-order valence-electron chi connectivity index (χ1n) is 4.58. The third-order valence-corrected chi connectivity index (χ3v) is 2.12. The van der Waals surface area contributed by atoms with Gasteiger partial charge in [-0.05, 0) is 30.5 Å². The molecule has 0 heterocycles. The maximum Gasteiger partial charge on any atom is 0.0781 e. The summed E-state index contributed by atoms with van der Waals surface area (Å²) in [7, 11) is 0. The van der Waals surface area contributed by atoms with Crippen LogP contribution in [-0.4, -0.2) is 0 Å². The van der Waals surface area contributed by atoms with Gasteiger partial charge in [0.2, 0.25) is 0 Å². The van der Waals surface area contributed by atoms with Crippen LogP contribution >= 0.6 is 0 Å². The predicted molar refractivity (Wildman–Crippen MR) is 58.3 cm³/mol. The van der Waals surface area contributed by atoms with E-state index in [1.54, 1.807) is 0 Å². The van der Waals surface area contributed by atoms with Gasteiger partial charge in [0.15, 0.2) is 0 Å². The summed E-state index contributed by atoms with van der Waals surface area (Å²) in [5.74, 6) is 0. The molecule has 3 heteroatoms. The normalized spacial score (nSPS) is 10.2. The topological polar surface area (TPSA) is 78.1 Å². The second kappa shape index (κ2) is 4.03. The van der Waals surface area contributed by atoms with Crippen molar-refractivity contribution in [3.63, 3.8) is 0 Å². The SMILES string of the molecule is CCCCc1cc(N)c(N)c(N)c1. The number of aryl methyl sites for hydroxylation is 1. The molecule has 0 aliphatic heterocycles. The molecule has 72 valence electrons. The van der Waals surface area contributed by atoms with E-state index in [1.165, 1.54) is 12.0 Å². The number of nitrogens with two attached hydrogens (primary N) is 3. The zero-order chi connectivity index (χ0) is 9.84. The van der Waals surface area contributed by atoms with Crippen molar-refractivity contribution in [1.29, 1.82) is 0 Å². The molecule has 1 rings (SSSR count). The first kappa shape index (κ1) is 9.71. The van der Waals surface area contributed by atoms with Crippen LogP contribution in [0.5, 0.6) is 0 Å². The summed E-state index contributed by atoms with van der Waals surface area (Å²) in [4.78, 5) is 0. The van der Waals surface area contributed by atoms with Crippen molar-refractivity contribution in [2.75, 3.05) is 17.2 Å². The minimum Gasteiger partial charge on any atom is -0.397 e. The molecule has 6 N–H and O–H groups in total. The number of benzene rings is 1. The van der Waals surface area contributed by atoms with Gasteiger partial charge in [0, 0.05) is 0 Å². The summed E-state index contributed by atoms with van der Waals surface area (Å²) in [6, 6.07) is 3.81. The van der Waals surface area contributed by atoms with E-state index in [0.717, 1.165) is 12.8 Å². The molecule has 0 fully saturated rings. The highest BCUT2D eigenvalue weighted by Crippen LogP contribution is 2.25. The van der Waals surface area contributed by atoms with Crippen molar-refractivity contribution >= 4 is 17.1 Å². The molecule has 0 spiro atoms. The number of hydrogen-bond acceptors (Lipinski definition) is 3. The Hall–Kier alpha value is -1.38.